The van der Waals surface area contributed by atoms with Crippen molar-refractivity contribution in [2.75, 3.05) is 14.2 Å². The summed E-state index contributed by atoms with van der Waals surface area (Å²) in [7, 11) is 2.52. The number of carbonyl (C=O) groups excluding carboxylic acids is 2. The quantitative estimate of drug-likeness (QED) is 0.220. The molecule has 0 spiro atoms. The number of esters is 2. The van der Waals surface area contributed by atoms with Gasteiger partial charge in [0.1, 0.15) is 10.3 Å². The Balaban J connectivity index is 2.25. The van der Waals surface area contributed by atoms with Gasteiger partial charge in [0.15, 0.2) is 0 Å². The van der Waals surface area contributed by atoms with Gasteiger partial charge in [-0.05, 0) is 23.8 Å². The lowest BCUT2D eigenvalue weighted by Crippen LogP contribution is -2.16. The number of hydrogen-bond donors (Lipinski definition) is 0. The molecule has 166 valence electrons. The molecule has 0 bridgehead atoms. The summed E-state index contributed by atoms with van der Waals surface area (Å²) in [6.07, 6.45) is 0. The lowest BCUT2D eigenvalue weighted by atomic mass is 9.90. The Morgan fingerprint density at radius 2 is 1.42 bits per heavy atom. The lowest BCUT2D eigenvalue weighted by Gasteiger charge is -2.21. The molecule has 33 heavy (non-hydrogen) atoms. The second-order valence-electron chi connectivity index (χ2n) is 6.88. The molecule has 0 atom stereocenters. The molecule has 0 saturated heterocycles. The van der Waals surface area contributed by atoms with E-state index in [0.717, 1.165) is 4.90 Å². The Morgan fingerprint density at radius 3 is 2.03 bits per heavy atom. The van der Waals surface area contributed by atoms with E-state index >= 15 is 0 Å². The summed E-state index contributed by atoms with van der Waals surface area (Å²) >= 11 is 14.2. The summed E-state index contributed by atoms with van der Waals surface area (Å²) in [5.74, 6) is -1.38. The number of hydrogen-bond acceptors (Lipinski definition) is 6. The van der Waals surface area contributed by atoms with E-state index in [1.54, 1.807) is 6.07 Å². The molecule has 4 rings (SSSR count). The van der Waals surface area contributed by atoms with Crippen LogP contribution in [0, 0.1) is 0 Å². The van der Waals surface area contributed by atoms with Crippen LogP contribution in [0.5, 0.6) is 0 Å². The number of carbonyl (C=O) groups is 2. The van der Waals surface area contributed by atoms with E-state index in [4.69, 9.17) is 32.7 Å². The molecule has 0 aliphatic rings. The molecule has 0 radical (unpaired) electrons. The van der Waals surface area contributed by atoms with Crippen LogP contribution in [0.1, 0.15) is 20.7 Å². The number of aromatic nitrogens is 1. The number of pyridine rings is 1. The van der Waals surface area contributed by atoms with Crippen LogP contribution < -0.4 is 0 Å². The number of halogens is 2. The van der Waals surface area contributed by atoms with Crippen molar-refractivity contribution in [3.8, 4) is 11.1 Å². The van der Waals surface area contributed by atoms with Gasteiger partial charge >= 0.3 is 11.9 Å². The SMILES string of the molecule is COC(=O)c1c(C(=O)OC)c(-c2ccccc2)c2c(Cl)nc(Cl)cc2c1Sc1ccccc1. The summed E-state index contributed by atoms with van der Waals surface area (Å²) < 4.78 is 10.2. The minimum atomic E-state index is -0.697. The Morgan fingerprint density at radius 1 is 0.848 bits per heavy atom. The van der Waals surface area contributed by atoms with Gasteiger partial charge in [-0.1, -0.05) is 83.5 Å². The van der Waals surface area contributed by atoms with Gasteiger partial charge in [-0.2, -0.15) is 0 Å². The molecular formula is C25H17Cl2NO4S. The Kier molecular flexibility index (Phi) is 6.88. The van der Waals surface area contributed by atoms with Gasteiger partial charge in [0.05, 0.1) is 25.3 Å². The van der Waals surface area contributed by atoms with Crippen LogP contribution in [0.15, 0.2) is 76.5 Å². The van der Waals surface area contributed by atoms with Gasteiger partial charge in [-0.3, -0.25) is 0 Å². The molecule has 0 amide bonds. The van der Waals surface area contributed by atoms with Crippen molar-refractivity contribution in [3.05, 3.63) is 88.2 Å². The zero-order chi connectivity index (χ0) is 23.5. The molecule has 0 saturated carbocycles. The Bertz CT molecular complexity index is 1360. The molecule has 1 aromatic heterocycles. The first-order valence-electron chi connectivity index (χ1n) is 9.77. The highest BCUT2D eigenvalue weighted by Gasteiger charge is 2.32. The van der Waals surface area contributed by atoms with Crippen LogP contribution in [0.4, 0.5) is 0 Å². The van der Waals surface area contributed by atoms with Crippen LogP contribution in [-0.4, -0.2) is 31.1 Å². The van der Waals surface area contributed by atoms with E-state index in [-0.39, 0.29) is 21.4 Å². The smallest absolute Gasteiger partial charge is 0.339 e. The minimum absolute atomic E-state index is 0.0486. The molecular weight excluding hydrogens is 481 g/mol. The van der Waals surface area contributed by atoms with Crippen molar-refractivity contribution >= 4 is 57.7 Å². The maximum atomic E-state index is 13.1. The Labute approximate surface area is 204 Å². The number of fused-ring (bicyclic) bond motifs is 1. The highest BCUT2D eigenvalue weighted by molar-refractivity contribution is 7.99. The van der Waals surface area contributed by atoms with Crippen molar-refractivity contribution in [1.29, 1.82) is 0 Å². The summed E-state index contributed by atoms with van der Waals surface area (Å²) in [6, 6.07) is 20.2. The summed E-state index contributed by atoms with van der Waals surface area (Å²) in [5, 5.41) is 1.32. The zero-order valence-corrected chi connectivity index (χ0v) is 19.9. The van der Waals surface area contributed by atoms with Crippen LogP contribution in [0.2, 0.25) is 10.3 Å². The molecule has 0 fully saturated rings. The van der Waals surface area contributed by atoms with Gasteiger partial charge in [0.2, 0.25) is 0 Å². The highest BCUT2D eigenvalue weighted by Crippen LogP contribution is 2.46. The third-order valence-corrected chi connectivity index (χ3v) is 6.57. The van der Waals surface area contributed by atoms with Gasteiger partial charge in [0.25, 0.3) is 0 Å². The summed E-state index contributed by atoms with van der Waals surface area (Å²) in [6.45, 7) is 0. The highest BCUT2D eigenvalue weighted by atomic mass is 35.5. The standard InChI is InChI=1S/C25H17Cl2NO4S/c1-31-24(29)20-18(14-9-5-3-6-10-14)19-16(13-17(26)28-23(19)27)22(21(20)25(30)32-2)33-15-11-7-4-8-12-15/h3-13H,1-2H3. The zero-order valence-electron chi connectivity index (χ0n) is 17.6. The van der Waals surface area contributed by atoms with Gasteiger partial charge in [-0.25, -0.2) is 14.6 Å². The third kappa shape index (κ3) is 4.42. The van der Waals surface area contributed by atoms with E-state index in [0.29, 0.717) is 26.8 Å². The lowest BCUT2D eigenvalue weighted by molar-refractivity contribution is 0.0553. The fourth-order valence-corrected chi connectivity index (χ4v) is 5.22. The van der Waals surface area contributed by atoms with E-state index in [2.05, 4.69) is 4.98 Å². The topological polar surface area (TPSA) is 65.5 Å². The van der Waals surface area contributed by atoms with E-state index in [1.165, 1.54) is 26.0 Å². The molecule has 0 N–H and O–H groups in total. The van der Waals surface area contributed by atoms with E-state index in [1.807, 2.05) is 60.7 Å². The minimum Gasteiger partial charge on any atom is -0.465 e. The van der Waals surface area contributed by atoms with Crippen molar-refractivity contribution < 1.29 is 19.1 Å². The third-order valence-electron chi connectivity index (χ3n) is 4.97. The largest absolute Gasteiger partial charge is 0.465 e. The average molecular weight is 498 g/mol. The van der Waals surface area contributed by atoms with Crippen LogP contribution in [0.25, 0.3) is 21.9 Å². The van der Waals surface area contributed by atoms with Crippen LogP contribution in [-0.2, 0) is 9.47 Å². The molecule has 1 heterocycles. The van der Waals surface area contributed by atoms with Crippen molar-refractivity contribution in [1.82, 2.24) is 4.98 Å². The maximum absolute atomic E-state index is 13.1. The van der Waals surface area contributed by atoms with Gasteiger partial charge < -0.3 is 9.47 Å². The normalized spacial score (nSPS) is 10.8. The molecule has 5 nitrogen and oxygen atoms in total. The molecule has 0 aliphatic heterocycles. The first-order valence-corrected chi connectivity index (χ1v) is 11.3. The van der Waals surface area contributed by atoms with Crippen LogP contribution in [0.3, 0.4) is 0 Å². The molecule has 0 aliphatic carbocycles. The molecule has 4 aromatic rings. The fourth-order valence-electron chi connectivity index (χ4n) is 3.61. The first-order chi connectivity index (χ1) is 16.0. The summed E-state index contributed by atoms with van der Waals surface area (Å²) in [5.41, 5.74) is 1.20. The molecule has 8 heteroatoms. The van der Waals surface area contributed by atoms with Crippen molar-refractivity contribution in [2.45, 2.75) is 9.79 Å². The van der Waals surface area contributed by atoms with Crippen molar-refractivity contribution in [2.24, 2.45) is 0 Å². The second-order valence-corrected chi connectivity index (χ2v) is 8.71. The van der Waals surface area contributed by atoms with E-state index < -0.39 is 11.9 Å². The second kappa shape index (κ2) is 9.83. The van der Waals surface area contributed by atoms with Gasteiger partial charge in [0, 0.05) is 26.1 Å². The Hall–Kier alpha value is -3.06. The maximum Gasteiger partial charge on any atom is 0.339 e. The predicted molar refractivity (Wildman–Crippen MR) is 130 cm³/mol. The summed E-state index contributed by atoms with van der Waals surface area (Å²) in [4.78, 5) is 31.8. The average Bonchev–Trinajstić information content (AvgIpc) is 2.84. The van der Waals surface area contributed by atoms with Crippen LogP contribution >= 0.6 is 35.0 Å². The number of ether oxygens (including phenoxy) is 2. The number of rotatable bonds is 5. The van der Waals surface area contributed by atoms with Gasteiger partial charge in [-0.15, -0.1) is 0 Å². The number of benzene rings is 3. The monoisotopic (exact) mass is 497 g/mol. The van der Waals surface area contributed by atoms with E-state index in [9.17, 15) is 9.59 Å². The molecule has 3 aromatic carbocycles. The fraction of sp³-hybridized carbons (Fsp3) is 0.0800. The number of methoxy groups -OCH3 is 2. The predicted octanol–water partition coefficient (Wildman–Crippen LogP) is 6.93. The molecule has 0 unspecified atom stereocenters. The van der Waals surface area contributed by atoms with Crippen molar-refractivity contribution in [3.63, 3.8) is 0 Å². The number of nitrogens with zero attached hydrogens (tertiary/aromatic N) is 1. The first kappa shape index (κ1) is 23.1.